The highest BCUT2D eigenvalue weighted by Gasteiger charge is 2.22. The number of aryl methyl sites for hydroxylation is 2. The van der Waals surface area contributed by atoms with Crippen molar-refractivity contribution in [2.45, 2.75) is 65.3 Å². The molecule has 11 nitrogen and oxygen atoms in total. The molecule has 0 aliphatic carbocycles. The first-order chi connectivity index (χ1) is 26.3. The van der Waals surface area contributed by atoms with Gasteiger partial charge in [0, 0.05) is 84.6 Å². The summed E-state index contributed by atoms with van der Waals surface area (Å²) in [6.45, 7) is 11.7. The highest BCUT2D eigenvalue weighted by molar-refractivity contribution is 6.33. The van der Waals surface area contributed by atoms with Crippen LogP contribution in [0.3, 0.4) is 0 Å². The molecule has 0 saturated carbocycles. The highest BCUT2D eigenvalue weighted by atomic mass is 35.5. The summed E-state index contributed by atoms with van der Waals surface area (Å²) < 4.78 is 7.49. The first-order valence-corrected chi connectivity index (χ1v) is 18.8. The third kappa shape index (κ3) is 8.98. The van der Waals surface area contributed by atoms with Crippen LogP contribution >= 0.6 is 11.6 Å². The predicted octanol–water partition coefficient (Wildman–Crippen LogP) is 7.38. The maximum atomic E-state index is 13.6. The summed E-state index contributed by atoms with van der Waals surface area (Å²) in [5.41, 5.74) is 8.13. The molecule has 1 aliphatic rings. The molecule has 0 spiro atoms. The summed E-state index contributed by atoms with van der Waals surface area (Å²) in [7, 11) is 0. The molecule has 4 N–H and O–H groups in total. The lowest BCUT2D eigenvalue weighted by Crippen LogP contribution is -2.30. The number of nitrogens with one attached hydrogen (secondary N) is 4. The second-order valence-electron chi connectivity index (χ2n) is 13.3. The number of fused-ring (bicyclic) bond motifs is 1. The number of carbonyl (C=O) groups is 2. The van der Waals surface area contributed by atoms with E-state index in [1.54, 1.807) is 30.5 Å². The summed E-state index contributed by atoms with van der Waals surface area (Å²) in [6.07, 6.45) is 7.40. The second-order valence-corrected chi connectivity index (χ2v) is 13.7. The number of aromatic nitrogens is 3. The fraction of sp³-hybridized carbons (Fsp3) is 0.310. The van der Waals surface area contributed by atoms with Gasteiger partial charge in [0.15, 0.2) is 5.65 Å². The Morgan fingerprint density at radius 3 is 2.44 bits per heavy atom. The monoisotopic (exact) mass is 746 g/mol. The van der Waals surface area contributed by atoms with Crippen molar-refractivity contribution in [1.82, 2.24) is 30.3 Å². The first-order valence-electron chi connectivity index (χ1n) is 18.4. The molecule has 2 amide bonds. The van der Waals surface area contributed by atoms with E-state index in [2.05, 4.69) is 40.6 Å². The van der Waals surface area contributed by atoms with Gasteiger partial charge in [-0.15, -0.1) is 0 Å². The Hall–Kier alpha value is -5.52. The van der Waals surface area contributed by atoms with E-state index in [-0.39, 0.29) is 30.9 Å². The summed E-state index contributed by atoms with van der Waals surface area (Å²) in [5, 5.41) is 23.4. The number of hydrogen-bond acceptors (Lipinski definition) is 8. The highest BCUT2D eigenvalue weighted by Crippen LogP contribution is 2.32. The van der Waals surface area contributed by atoms with Crippen LogP contribution in [0, 0.1) is 5.41 Å². The standard InChI is InChI=1S/C42H47ClN8O3/c1-4-38-35(39(48-33-15-19-54-20-16-33)36-26-47-51(6-3)40(36)49-38)25-46-42(53)32-12-8-11-31(23-32)41(52)45-24-28-13-14-37(43)34(22-28)30-10-7-9-29(21-30)27-50(5-2)18-17-44/h5,7-14,17,21-23,26,33,44H,2,4,6,15-16,18-20,24-25,27H2,1,3H3,(H,45,52)(H,46,53)(H,48,49). The maximum Gasteiger partial charge on any atom is 0.251 e. The van der Waals surface area contributed by atoms with E-state index in [1.807, 2.05) is 59.1 Å². The van der Waals surface area contributed by atoms with E-state index in [1.165, 1.54) is 6.21 Å². The molecule has 1 aliphatic heterocycles. The summed E-state index contributed by atoms with van der Waals surface area (Å²) in [4.78, 5) is 33.9. The molecule has 3 heterocycles. The van der Waals surface area contributed by atoms with Gasteiger partial charge >= 0.3 is 0 Å². The maximum absolute atomic E-state index is 13.6. The number of anilines is 1. The number of nitrogens with zero attached hydrogens (tertiary/aromatic N) is 4. The molecule has 0 unspecified atom stereocenters. The molecular weight excluding hydrogens is 700 g/mol. The number of carbonyl (C=O) groups excluding carboxylic acids is 2. The third-order valence-electron chi connectivity index (χ3n) is 9.68. The van der Waals surface area contributed by atoms with Crippen molar-refractivity contribution in [3.8, 4) is 11.1 Å². The smallest absolute Gasteiger partial charge is 0.251 e. The molecular formula is C42H47ClN8O3. The van der Waals surface area contributed by atoms with Crippen LogP contribution in [0.2, 0.25) is 5.02 Å². The van der Waals surface area contributed by atoms with E-state index < -0.39 is 0 Å². The van der Waals surface area contributed by atoms with Crippen molar-refractivity contribution in [2.24, 2.45) is 0 Å². The van der Waals surface area contributed by atoms with Crippen LogP contribution in [-0.2, 0) is 37.3 Å². The van der Waals surface area contributed by atoms with Gasteiger partial charge in [0.1, 0.15) is 0 Å². The Morgan fingerprint density at radius 1 is 1.00 bits per heavy atom. The van der Waals surface area contributed by atoms with Gasteiger partial charge in [0.05, 0.1) is 23.8 Å². The van der Waals surface area contributed by atoms with Crippen molar-refractivity contribution < 1.29 is 14.3 Å². The Labute approximate surface area is 321 Å². The zero-order valence-electron chi connectivity index (χ0n) is 30.8. The molecule has 12 heteroatoms. The van der Waals surface area contributed by atoms with Crippen molar-refractivity contribution in [2.75, 3.05) is 25.1 Å². The van der Waals surface area contributed by atoms with Crippen molar-refractivity contribution in [3.05, 3.63) is 124 Å². The molecule has 280 valence electrons. The molecule has 6 rings (SSSR count). The third-order valence-corrected chi connectivity index (χ3v) is 10.0. The van der Waals surface area contributed by atoms with E-state index in [4.69, 9.17) is 26.7 Å². The number of amides is 2. The average Bonchev–Trinajstić information content (AvgIpc) is 3.63. The van der Waals surface area contributed by atoms with Gasteiger partial charge in [-0.25, -0.2) is 9.67 Å². The number of hydrogen-bond donors (Lipinski definition) is 4. The van der Waals surface area contributed by atoms with Crippen molar-refractivity contribution in [3.63, 3.8) is 0 Å². The molecule has 0 bridgehead atoms. The van der Waals surface area contributed by atoms with Crippen LogP contribution in [0.5, 0.6) is 0 Å². The fourth-order valence-electron chi connectivity index (χ4n) is 6.75. The average molecular weight is 747 g/mol. The van der Waals surface area contributed by atoms with Crippen LogP contribution in [0.1, 0.15) is 69.8 Å². The van der Waals surface area contributed by atoms with E-state index in [9.17, 15) is 9.59 Å². The largest absolute Gasteiger partial charge is 0.381 e. The predicted molar refractivity (Wildman–Crippen MR) is 215 cm³/mol. The minimum absolute atomic E-state index is 0.242. The van der Waals surface area contributed by atoms with Crippen molar-refractivity contribution >= 4 is 46.4 Å². The molecule has 3 aromatic carbocycles. The van der Waals surface area contributed by atoms with Gasteiger partial charge < -0.3 is 31.0 Å². The lowest BCUT2D eigenvalue weighted by Gasteiger charge is -2.26. The van der Waals surface area contributed by atoms with E-state index in [0.717, 1.165) is 63.1 Å². The quantitative estimate of drug-likeness (QED) is 0.0774. The normalized spacial score (nSPS) is 13.0. The van der Waals surface area contributed by atoms with E-state index >= 15 is 0 Å². The van der Waals surface area contributed by atoms with Crippen LogP contribution in [-0.4, -0.2) is 63.5 Å². The SMILES string of the molecule is C=CN(CC=N)Cc1cccc(-c2cc(CNC(=O)c3cccc(C(=O)NCc4c(CC)nc5c(cnn5CC)c4NC4CCOCC4)c3)ccc2Cl)c1. The molecule has 1 saturated heterocycles. The van der Waals surface area contributed by atoms with Gasteiger partial charge in [0.25, 0.3) is 11.8 Å². The summed E-state index contributed by atoms with van der Waals surface area (Å²) >= 11 is 6.64. The van der Waals surface area contributed by atoms with Gasteiger partial charge in [-0.2, -0.15) is 5.10 Å². The van der Waals surface area contributed by atoms with Crippen LogP contribution < -0.4 is 16.0 Å². The topological polar surface area (TPSA) is 137 Å². The molecule has 1 fully saturated rings. The first kappa shape index (κ1) is 38.2. The Balaban J connectivity index is 1.14. The molecule has 5 aromatic rings. The number of benzene rings is 3. The van der Waals surface area contributed by atoms with Crippen molar-refractivity contribution in [1.29, 1.82) is 5.41 Å². The van der Waals surface area contributed by atoms with Gasteiger partial charge in [0.2, 0.25) is 0 Å². The lowest BCUT2D eigenvalue weighted by molar-refractivity contribution is 0.0904. The van der Waals surface area contributed by atoms with E-state index in [0.29, 0.717) is 55.4 Å². The number of halogens is 1. The Kier molecular flexibility index (Phi) is 12.7. The van der Waals surface area contributed by atoms with Gasteiger partial charge in [-0.05, 0) is 85.5 Å². The second kappa shape index (κ2) is 18.0. The van der Waals surface area contributed by atoms with Gasteiger partial charge in [-0.1, -0.05) is 55.4 Å². The zero-order valence-corrected chi connectivity index (χ0v) is 31.6. The molecule has 54 heavy (non-hydrogen) atoms. The number of rotatable bonds is 16. The molecule has 0 radical (unpaired) electrons. The minimum atomic E-state index is -0.294. The zero-order chi connectivity index (χ0) is 38.0. The lowest BCUT2D eigenvalue weighted by atomic mass is 10.0. The van der Waals surface area contributed by atoms with Crippen LogP contribution in [0.15, 0.2) is 85.7 Å². The Morgan fingerprint density at radius 2 is 1.74 bits per heavy atom. The minimum Gasteiger partial charge on any atom is -0.381 e. The molecule has 0 atom stereocenters. The summed E-state index contributed by atoms with van der Waals surface area (Å²) in [5.74, 6) is -0.579. The number of ether oxygens (including phenoxy) is 1. The summed E-state index contributed by atoms with van der Waals surface area (Å²) in [6, 6.07) is 20.8. The van der Waals surface area contributed by atoms with Crippen LogP contribution in [0.4, 0.5) is 5.69 Å². The molecule has 2 aromatic heterocycles. The Bertz CT molecular complexity index is 2140. The van der Waals surface area contributed by atoms with Crippen LogP contribution in [0.25, 0.3) is 22.2 Å². The number of pyridine rings is 1. The fourth-order valence-corrected chi connectivity index (χ4v) is 6.98. The van der Waals surface area contributed by atoms with Gasteiger partial charge in [-0.3, -0.25) is 9.59 Å².